The largest absolute Gasteiger partial charge is 0.315 e. The zero-order valence-electron chi connectivity index (χ0n) is 11.7. The summed E-state index contributed by atoms with van der Waals surface area (Å²) < 4.78 is 0. The van der Waals surface area contributed by atoms with Crippen LogP contribution >= 0.6 is 23.1 Å². The minimum Gasteiger partial charge on any atom is -0.315 e. The second-order valence-electron chi connectivity index (χ2n) is 4.97. The molecule has 1 fully saturated rings. The third-order valence-corrected chi connectivity index (χ3v) is 5.89. The van der Waals surface area contributed by atoms with Crippen LogP contribution in [0.5, 0.6) is 0 Å². The molecule has 0 bridgehead atoms. The van der Waals surface area contributed by atoms with Crippen molar-refractivity contribution in [3.63, 3.8) is 0 Å². The van der Waals surface area contributed by atoms with Crippen LogP contribution in [0.3, 0.4) is 0 Å². The SMILES string of the molecule is CNC(Cc1nc(C)c(C)s1)C1CSCCN1C. The summed E-state index contributed by atoms with van der Waals surface area (Å²) in [5, 5.41) is 4.76. The number of aryl methyl sites for hydroxylation is 2. The maximum Gasteiger partial charge on any atom is 0.0947 e. The fourth-order valence-corrected chi connectivity index (χ4v) is 4.68. The molecule has 2 rings (SSSR count). The Morgan fingerprint density at radius 3 is 2.83 bits per heavy atom. The maximum absolute atomic E-state index is 4.67. The second kappa shape index (κ2) is 6.37. The number of nitrogens with one attached hydrogen (secondary N) is 1. The quantitative estimate of drug-likeness (QED) is 0.915. The molecule has 5 heteroatoms. The van der Waals surface area contributed by atoms with Crippen LogP contribution in [0.25, 0.3) is 0 Å². The highest BCUT2D eigenvalue weighted by molar-refractivity contribution is 7.99. The Balaban J connectivity index is 2.04. The third-order valence-electron chi connectivity index (χ3n) is 3.75. The van der Waals surface area contributed by atoms with Gasteiger partial charge in [-0.2, -0.15) is 11.8 Å². The smallest absolute Gasteiger partial charge is 0.0947 e. The summed E-state index contributed by atoms with van der Waals surface area (Å²) in [5.41, 5.74) is 1.19. The zero-order valence-corrected chi connectivity index (χ0v) is 13.3. The Bertz CT molecular complexity index is 372. The van der Waals surface area contributed by atoms with Gasteiger partial charge in [0, 0.05) is 41.4 Å². The Morgan fingerprint density at radius 2 is 2.28 bits per heavy atom. The third kappa shape index (κ3) is 3.26. The molecule has 2 unspecified atom stereocenters. The topological polar surface area (TPSA) is 28.2 Å². The molecule has 0 saturated carbocycles. The first-order chi connectivity index (χ1) is 8.61. The lowest BCUT2D eigenvalue weighted by molar-refractivity contribution is 0.219. The molecule has 1 aromatic rings. The molecule has 1 aliphatic heterocycles. The van der Waals surface area contributed by atoms with Gasteiger partial charge >= 0.3 is 0 Å². The van der Waals surface area contributed by atoms with E-state index in [1.165, 1.54) is 33.6 Å². The van der Waals surface area contributed by atoms with Crippen molar-refractivity contribution in [1.29, 1.82) is 0 Å². The predicted octanol–water partition coefficient (Wildman–Crippen LogP) is 1.94. The molecule has 0 amide bonds. The van der Waals surface area contributed by atoms with Crippen molar-refractivity contribution in [2.45, 2.75) is 32.4 Å². The first-order valence-electron chi connectivity index (χ1n) is 6.50. The summed E-state index contributed by atoms with van der Waals surface area (Å²) >= 11 is 3.92. The van der Waals surface area contributed by atoms with Crippen molar-refractivity contribution in [2.24, 2.45) is 0 Å². The van der Waals surface area contributed by atoms with Gasteiger partial charge in [0.25, 0.3) is 0 Å². The van der Waals surface area contributed by atoms with Crippen LogP contribution in [0.2, 0.25) is 0 Å². The Labute approximate surface area is 118 Å². The molecule has 0 aromatic carbocycles. The fourth-order valence-electron chi connectivity index (χ4n) is 2.37. The Kier molecular flexibility index (Phi) is 5.06. The van der Waals surface area contributed by atoms with E-state index < -0.39 is 0 Å². The average molecular weight is 285 g/mol. The number of thioether (sulfide) groups is 1. The monoisotopic (exact) mass is 285 g/mol. The van der Waals surface area contributed by atoms with Crippen LogP contribution in [-0.2, 0) is 6.42 Å². The van der Waals surface area contributed by atoms with Gasteiger partial charge in [0.05, 0.1) is 10.7 Å². The van der Waals surface area contributed by atoms with Gasteiger partial charge in [-0.25, -0.2) is 4.98 Å². The number of rotatable bonds is 4. The highest BCUT2D eigenvalue weighted by Crippen LogP contribution is 2.22. The van der Waals surface area contributed by atoms with E-state index in [4.69, 9.17) is 0 Å². The van der Waals surface area contributed by atoms with Crippen molar-refractivity contribution >= 4 is 23.1 Å². The van der Waals surface area contributed by atoms with Crippen molar-refractivity contribution in [3.8, 4) is 0 Å². The molecule has 102 valence electrons. The van der Waals surface area contributed by atoms with Gasteiger partial charge in [0.2, 0.25) is 0 Å². The van der Waals surface area contributed by atoms with Crippen molar-refractivity contribution in [3.05, 3.63) is 15.6 Å². The van der Waals surface area contributed by atoms with E-state index in [-0.39, 0.29) is 0 Å². The number of thiazole rings is 1. The average Bonchev–Trinajstić information content (AvgIpc) is 2.66. The molecule has 2 atom stereocenters. The maximum atomic E-state index is 4.67. The molecule has 0 spiro atoms. The van der Waals surface area contributed by atoms with E-state index in [1.54, 1.807) is 0 Å². The molecule has 1 saturated heterocycles. The van der Waals surface area contributed by atoms with Gasteiger partial charge in [0.15, 0.2) is 0 Å². The van der Waals surface area contributed by atoms with Crippen LogP contribution in [0, 0.1) is 13.8 Å². The minimum atomic E-state index is 0.507. The molecule has 2 heterocycles. The highest BCUT2D eigenvalue weighted by atomic mass is 32.2. The standard InChI is InChI=1S/C13H23N3S2/c1-9-10(2)18-13(15-9)7-11(14-3)12-8-17-6-5-16(12)4/h11-12,14H,5-8H2,1-4H3. The number of aromatic nitrogens is 1. The predicted molar refractivity (Wildman–Crippen MR) is 81.9 cm³/mol. The molecule has 0 radical (unpaired) electrons. The molecule has 0 aliphatic carbocycles. The lowest BCUT2D eigenvalue weighted by Gasteiger charge is -2.37. The van der Waals surface area contributed by atoms with Gasteiger partial charge in [-0.1, -0.05) is 0 Å². The van der Waals surface area contributed by atoms with Gasteiger partial charge in [-0.15, -0.1) is 11.3 Å². The summed E-state index contributed by atoms with van der Waals surface area (Å²) in [6, 6.07) is 1.13. The van der Waals surface area contributed by atoms with E-state index in [2.05, 4.69) is 54.9 Å². The molecule has 1 N–H and O–H groups in total. The lowest BCUT2D eigenvalue weighted by Crippen LogP contribution is -2.52. The zero-order chi connectivity index (χ0) is 13.1. The molecular weight excluding hydrogens is 262 g/mol. The van der Waals surface area contributed by atoms with Crippen molar-refractivity contribution in [1.82, 2.24) is 15.2 Å². The minimum absolute atomic E-state index is 0.507. The van der Waals surface area contributed by atoms with Gasteiger partial charge in [-0.3, -0.25) is 0 Å². The number of nitrogens with zero attached hydrogens (tertiary/aromatic N) is 2. The summed E-state index contributed by atoms with van der Waals surface area (Å²) in [6.07, 6.45) is 1.05. The van der Waals surface area contributed by atoms with Crippen molar-refractivity contribution < 1.29 is 0 Å². The fraction of sp³-hybridized carbons (Fsp3) is 0.769. The van der Waals surface area contributed by atoms with Gasteiger partial charge < -0.3 is 10.2 Å². The molecule has 1 aromatic heterocycles. The number of hydrogen-bond donors (Lipinski definition) is 1. The van der Waals surface area contributed by atoms with Gasteiger partial charge in [-0.05, 0) is 27.9 Å². The summed E-state index contributed by atoms with van der Waals surface area (Å²) in [4.78, 5) is 8.52. The van der Waals surface area contributed by atoms with Crippen LogP contribution in [0.1, 0.15) is 15.6 Å². The van der Waals surface area contributed by atoms with Crippen LogP contribution in [0.4, 0.5) is 0 Å². The van der Waals surface area contributed by atoms with E-state index in [0.717, 1.165) is 6.42 Å². The molecule has 1 aliphatic rings. The number of hydrogen-bond acceptors (Lipinski definition) is 5. The van der Waals surface area contributed by atoms with E-state index in [1.807, 2.05) is 11.3 Å². The Morgan fingerprint density at radius 1 is 1.50 bits per heavy atom. The Hall–Kier alpha value is -0.100. The molecular formula is C13H23N3S2. The van der Waals surface area contributed by atoms with Crippen molar-refractivity contribution in [2.75, 3.05) is 32.1 Å². The second-order valence-corrected chi connectivity index (χ2v) is 7.41. The normalized spacial score (nSPS) is 23.2. The first kappa shape index (κ1) is 14.3. The van der Waals surface area contributed by atoms with E-state index in [9.17, 15) is 0 Å². The van der Waals surface area contributed by atoms with Gasteiger partial charge in [0.1, 0.15) is 0 Å². The molecule has 3 nitrogen and oxygen atoms in total. The summed E-state index contributed by atoms with van der Waals surface area (Å²) in [7, 11) is 4.32. The van der Waals surface area contributed by atoms with Crippen LogP contribution in [-0.4, -0.2) is 54.1 Å². The first-order valence-corrected chi connectivity index (χ1v) is 8.47. The van der Waals surface area contributed by atoms with Crippen LogP contribution < -0.4 is 5.32 Å². The highest BCUT2D eigenvalue weighted by Gasteiger charge is 2.27. The molecule has 18 heavy (non-hydrogen) atoms. The number of likely N-dealkylation sites (N-methyl/N-ethyl adjacent to an activating group) is 2. The van der Waals surface area contributed by atoms with Crippen LogP contribution in [0.15, 0.2) is 0 Å². The van der Waals surface area contributed by atoms with E-state index >= 15 is 0 Å². The van der Waals surface area contributed by atoms with E-state index in [0.29, 0.717) is 12.1 Å². The summed E-state index contributed by atoms with van der Waals surface area (Å²) in [5.74, 6) is 2.49. The lowest BCUT2D eigenvalue weighted by atomic mass is 10.1. The summed E-state index contributed by atoms with van der Waals surface area (Å²) in [6.45, 7) is 5.46.